The van der Waals surface area contributed by atoms with Gasteiger partial charge < -0.3 is 41.0 Å². The van der Waals surface area contributed by atoms with Crippen LogP contribution in [0, 0.1) is 0 Å². The summed E-state index contributed by atoms with van der Waals surface area (Å²) in [5.74, 6) is -9.37. The van der Waals surface area contributed by atoms with E-state index in [1.165, 1.54) is 12.1 Å². The van der Waals surface area contributed by atoms with E-state index in [0.29, 0.717) is 0 Å². The lowest BCUT2D eigenvalue weighted by atomic mass is 9.98. The number of aromatic amines is 2. The van der Waals surface area contributed by atoms with Crippen LogP contribution in [0.3, 0.4) is 0 Å². The van der Waals surface area contributed by atoms with Gasteiger partial charge in [0, 0.05) is 11.1 Å². The van der Waals surface area contributed by atoms with Gasteiger partial charge in [0.25, 0.3) is 22.7 Å². The van der Waals surface area contributed by atoms with Crippen molar-refractivity contribution in [1.29, 1.82) is 0 Å². The number of hydrogen-bond donors (Lipinski definition) is 8. The Labute approximate surface area is 285 Å². The van der Waals surface area contributed by atoms with Crippen molar-refractivity contribution in [2.24, 2.45) is 0 Å². The molecular weight excluding hydrogens is 727 g/mol. The highest BCUT2D eigenvalue weighted by Gasteiger charge is 2.61. The van der Waals surface area contributed by atoms with E-state index in [9.17, 15) is 34.6 Å². The van der Waals surface area contributed by atoms with Crippen molar-refractivity contribution < 1.29 is 51.6 Å². The number of aromatic nitrogens is 8. The van der Waals surface area contributed by atoms with Crippen LogP contribution >= 0.6 is 8.25 Å². The second-order valence-electron chi connectivity index (χ2n) is 11.1. The lowest BCUT2D eigenvalue weighted by Crippen LogP contribution is -2.49. The Morgan fingerprint density at radius 2 is 1.06 bits per heavy atom. The molecule has 0 fully saturated rings. The van der Waals surface area contributed by atoms with E-state index in [1.54, 1.807) is 0 Å². The van der Waals surface area contributed by atoms with Gasteiger partial charge in [0.2, 0.25) is 11.9 Å². The maximum Gasteiger partial charge on any atom is 0.420 e. The standard InChI is InChI=1S/C28H25F4N10O9P/c29-27(30,25(45,46)15-7-3-1-5-13(15)9-41-11-35-17-19(41)37-23(33)39-21(17)43)50-52(49)51-28(31,32)26(47,48)16-8-4-2-6-14(16)10-42-12-36-18-20(42)38-24(34)40-22(18)44/h1-8,11-12,45-48,52H,9-10H2,(H3,33,37,39,43)(H3,34,38,40,44). The van der Waals surface area contributed by atoms with E-state index >= 15 is 17.6 Å². The van der Waals surface area contributed by atoms with Crippen LogP contribution in [-0.4, -0.2) is 71.7 Å². The number of H-pyrrole nitrogens is 2. The highest BCUT2D eigenvalue weighted by molar-refractivity contribution is 7.33. The number of nitrogens with two attached hydrogens (primary N) is 2. The maximum absolute atomic E-state index is 15.3. The number of alkyl halides is 4. The fourth-order valence-corrected chi connectivity index (χ4v) is 5.97. The Morgan fingerprint density at radius 3 is 1.44 bits per heavy atom. The molecular formula is C28H25F4N10O9P. The predicted octanol–water partition coefficient (Wildman–Crippen LogP) is 0.397. The Morgan fingerprint density at radius 1 is 0.692 bits per heavy atom. The second kappa shape index (κ2) is 12.9. The SMILES string of the molecule is Nc1nc2c(ncn2Cc2ccccc2C(O)(O)C(F)(F)O[PH](=O)OC(F)(F)C(O)(O)c2ccccc2Cn2cnc3c(=O)[nH]c(N)nc32)c(=O)[nH]1. The first kappa shape index (κ1) is 36.2. The molecule has 0 saturated heterocycles. The Balaban J connectivity index is 1.23. The lowest BCUT2D eigenvalue weighted by molar-refractivity contribution is -0.394. The quantitative estimate of drug-likeness (QED) is 0.0477. The molecule has 0 amide bonds. The first-order valence-corrected chi connectivity index (χ1v) is 15.7. The summed E-state index contributed by atoms with van der Waals surface area (Å²) >= 11 is 0. The van der Waals surface area contributed by atoms with E-state index in [-0.39, 0.29) is 45.4 Å². The molecule has 4 heterocycles. The van der Waals surface area contributed by atoms with Gasteiger partial charge in [-0.05, 0) is 11.1 Å². The van der Waals surface area contributed by atoms with Gasteiger partial charge in [-0.2, -0.15) is 27.5 Å². The van der Waals surface area contributed by atoms with Crippen LogP contribution in [-0.2, 0) is 38.3 Å². The first-order valence-electron chi connectivity index (χ1n) is 14.5. The van der Waals surface area contributed by atoms with E-state index in [0.717, 1.165) is 58.2 Å². The normalized spacial score (nSPS) is 13.1. The fourth-order valence-electron chi connectivity index (χ4n) is 5.22. The number of halogens is 4. The number of imidazole rings is 2. The molecule has 0 aliphatic rings. The third-order valence-electron chi connectivity index (χ3n) is 7.69. The molecule has 10 N–H and O–H groups in total. The number of nitrogens with one attached hydrogen (secondary N) is 2. The molecule has 24 heteroatoms. The topological polar surface area (TPSA) is 296 Å². The number of hydrogen-bond acceptors (Lipinski definition) is 15. The van der Waals surface area contributed by atoms with Gasteiger partial charge in [0.05, 0.1) is 25.7 Å². The Kier molecular flexibility index (Phi) is 8.99. The number of nitrogen functional groups attached to an aromatic ring is 2. The number of aliphatic hydroxyl groups is 4. The highest BCUT2D eigenvalue weighted by Crippen LogP contribution is 2.50. The van der Waals surface area contributed by atoms with Crippen LogP contribution < -0.4 is 22.6 Å². The van der Waals surface area contributed by atoms with Gasteiger partial charge in [0.15, 0.2) is 22.3 Å². The molecule has 19 nitrogen and oxygen atoms in total. The second-order valence-corrected chi connectivity index (χ2v) is 12.0. The van der Waals surface area contributed by atoms with E-state index in [4.69, 9.17) is 11.5 Å². The lowest BCUT2D eigenvalue weighted by Gasteiger charge is -2.34. The van der Waals surface area contributed by atoms with E-state index in [2.05, 4.69) is 39.0 Å². The monoisotopic (exact) mass is 752 g/mol. The van der Waals surface area contributed by atoms with E-state index in [1.807, 2.05) is 0 Å². The van der Waals surface area contributed by atoms with Crippen molar-refractivity contribution in [2.45, 2.75) is 36.9 Å². The number of rotatable bonds is 12. The minimum absolute atomic E-state index is 0.103. The summed E-state index contributed by atoms with van der Waals surface area (Å²) in [6.45, 7) is -0.950. The van der Waals surface area contributed by atoms with Crippen LogP contribution in [0.5, 0.6) is 0 Å². The van der Waals surface area contributed by atoms with Crippen molar-refractivity contribution in [3.8, 4) is 0 Å². The summed E-state index contributed by atoms with van der Waals surface area (Å²) in [5, 5.41) is 42.5. The number of benzene rings is 2. The summed E-state index contributed by atoms with van der Waals surface area (Å²) in [5.41, 5.74) is 6.64. The van der Waals surface area contributed by atoms with Crippen LogP contribution in [0.2, 0.25) is 0 Å². The minimum atomic E-state index is -5.35. The average Bonchev–Trinajstić information content (AvgIpc) is 3.64. The molecule has 0 aliphatic heterocycles. The van der Waals surface area contributed by atoms with Crippen molar-refractivity contribution in [1.82, 2.24) is 39.0 Å². The molecule has 52 heavy (non-hydrogen) atoms. The minimum Gasteiger partial charge on any atom is -0.369 e. The number of anilines is 2. The third kappa shape index (κ3) is 6.41. The molecule has 0 radical (unpaired) electrons. The highest BCUT2D eigenvalue weighted by atomic mass is 31.1. The third-order valence-corrected chi connectivity index (χ3v) is 8.53. The number of nitrogens with zero attached hydrogens (tertiary/aromatic N) is 6. The number of fused-ring (bicyclic) bond motifs is 2. The largest absolute Gasteiger partial charge is 0.420 e. The molecule has 0 unspecified atom stereocenters. The molecule has 2 aromatic carbocycles. The van der Waals surface area contributed by atoms with Crippen LogP contribution in [0.1, 0.15) is 22.3 Å². The average molecular weight is 753 g/mol. The van der Waals surface area contributed by atoms with Gasteiger partial charge in [-0.15, -0.1) is 0 Å². The maximum atomic E-state index is 15.3. The first-order chi connectivity index (χ1) is 24.3. The predicted molar refractivity (Wildman–Crippen MR) is 170 cm³/mol. The summed E-state index contributed by atoms with van der Waals surface area (Å²) in [7, 11) is -5.23. The van der Waals surface area contributed by atoms with Gasteiger partial charge in [-0.3, -0.25) is 24.1 Å². The fraction of sp³-hybridized carbons (Fsp3) is 0.214. The molecule has 0 bridgehead atoms. The van der Waals surface area contributed by atoms with Crippen LogP contribution in [0.25, 0.3) is 22.3 Å². The Hall–Kier alpha value is -5.55. The van der Waals surface area contributed by atoms with Crippen molar-refractivity contribution in [3.05, 3.63) is 104 Å². The smallest absolute Gasteiger partial charge is 0.369 e. The van der Waals surface area contributed by atoms with E-state index < -0.39 is 67.4 Å². The summed E-state index contributed by atoms with van der Waals surface area (Å²) < 4.78 is 83.8. The summed E-state index contributed by atoms with van der Waals surface area (Å²) in [6.07, 6.45) is -8.54. The molecule has 6 rings (SSSR count). The molecule has 0 saturated carbocycles. The van der Waals surface area contributed by atoms with Crippen molar-refractivity contribution >= 4 is 42.5 Å². The zero-order valence-electron chi connectivity index (χ0n) is 25.9. The summed E-state index contributed by atoms with van der Waals surface area (Å²) in [4.78, 5) is 44.3. The molecule has 6 aromatic rings. The zero-order chi connectivity index (χ0) is 37.8. The zero-order valence-corrected chi connectivity index (χ0v) is 26.9. The van der Waals surface area contributed by atoms with Gasteiger partial charge in [-0.1, -0.05) is 48.5 Å². The van der Waals surface area contributed by atoms with Crippen LogP contribution in [0.15, 0.2) is 70.8 Å². The summed E-state index contributed by atoms with van der Waals surface area (Å²) in [6, 6.07) is 8.76. The van der Waals surface area contributed by atoms with Gasteiger partial charge in [-0.25, -0.2) is 19.0 Å². The molecule has 0 atom stereocenters. The van der Waals surface area contributed by atoms with Crippen molar-refractivity contribution in [3.63, 3.8) is 0 Å². The Bertz CT molecular complexity index is 2300. The van der Waals surface area contributed by atoms with Crippen molar-refractivity contribution in [2.75, 3.05) is 11.5 Å². The molecule has 274 valence electrons. The molecule has 0 aliphatic carbocycles. The van der Waals surface area contributed by atoms with Crippen LogP contribution in [0.4, 0.5) is 29.5 Å². The van der Waals surface area contributed by atoms with Gasteiger partial charge in [0.1, 0.15) is 0 Å². The van der Waals surface area contributed by atoms with Gasteiger partial charge >= 0.3 is 20.5 Å². The molecule has 0 spiro atoms. The molecule has 4 aromatic heterocycles.